The second kappa shape index (κ2) is 17.6. The third-order valence-corrected chi connectivity index (χ3v) is 5.37. The van der Waals surface area contributed by atoms with Gasteiger partial charge in [-0.15, -0.1) is 0 Å². The van der Waals surface area contributed by atoms with Gasteiger partial charge in [0, 0.05) is 31.5 Å². The summed E-state index contributed by atoms with van der Waals surface area (Å²) in [6.07, 6.45) is 22.4. The molecule has 201 valence electrons. The van der Waals surface area contributed by atoms with Crippen molar-refractivity contribution < 1.29 is 20.1 Å². The van der Waals surface area contributed by atoms with Crippen molar-refractivity contribution >= 4 is 11.4 Å². The van der Waals surface area contributed by atoms with Crippen LogP contribution in [0.4, 0.5) is 11.4 Å². The SMILES string of the molecule is CN1C=CN(c2ccc(C#N)cc2)[CH-]1.CN1C=CN(c2ccc(C#N)cc2)[CH-]1.[C-]1=CCC/C=C\CC1.[CH3-].[Ir]. The quantitative estimate of drug-likeness (QED) is 0.259. The average molecular weight is 683 g/mol. The maximum atomic E-state index is 8.64. The van der Waals surface area contributed by atoms with Crippen LogP contribution in [0.5, 0.6) is 0 Å². The molecule has 3 aliphatic rings. The predicted molar refractivity (Wildman–Crippen MR) is 152 cm³/mol. The molecule has 0 amide bonds. The van der Waals surface area contributed by atoms with E-state index in [1.165, 1.54) is 19.3 Å². The van der Waals surface area contributed by atoms with Gasteiger partial charge in [-0.3, -0.25) is 6.08 Å². The van der Waals surface area contributed by atoms with Crippen molar-refractivity contribution in [3.05, 3.63) is 130 Å². The molecule has 0 atom stereocenters. The largest absolute Gasteiger partial charge is 0.510 e. The van der Waals surface area contributed by atoms with Crippen LogP contribution in [0.2, 0.25) is 0 Å². The van der Waals surface area contributed by atoms with Crippen LogP contribution in [0.3, 0.4) is 0 Å². The van der Waals surface area contributed by atoms with Gasteiger partial charge in [0.1, 0.15) is 0 Å². The van der Waals surface area contributed by atoms with Gasteiger partial charge in [0.2, 0.25) is 0 Å². The molecule has 0 bridgehead atoms. The van der Waals surface area contributed by atoms with Gasteiger partial charge in [0.15, 0.2) is 0 Å². The summed E-state index contributed by atoms with van der Waals surface area (Å²) in [7, 11) is 3.94. The number of anilines is 2. The smallest absolute Gasteiger partial charge is 0.0991 e. The molecule has 2 aromatic rings. The number of rotatable bonds is 2. The molecule has 2 aliphatic heterocycles. The molecule has 1 radical (unpaired) electrons. The van der Waals surface area contributed by atoms with E-state index >= 15 is 0 Å². The van der Waals surface area contributed by atoms with E-state index in [4.69, 9.17) is 10.5 Å². The first-order chi connectivity index (χ1) is 17.6. The van der Waals surface area contributed by atoms with Gasteiger partial charge in [0.25, 0.3) is 0 Å². The number of hydrogen-bond acceptors (Lipinski definition) is 6. The van der Waals surface area contributed by atoms with Crippen molar-refractivity contribution in [2.45, 2.75) is 25.7 Å². The maximum absolute atomic E-state index is 8.64. The van der Waals surface area contributed by atoms with Gasteiger partial charge < -0.3 is 33.1 Å². The summed E-state index contributed by atoms with van der Waals surface area (Å²) in [4.78, 5) is 7.94. The first kappa shape index (κ1) is 32.3. The van der Waals surface area contributed by atoms with Crippen molar-refractivity contribution in [3.8, 4) is 12.1 Å². The number of nitriles is 2. The van der Waals surface area contributed by atoms with Crippen LogP contribution in [0.1, 0.15) is 36.8 Å². The Kier molecular flexibility index (Phi) is 15.0. The Balaban J connectivity index is 0.000000288. The fourth-order valence-electron chi connectivity index (χ4n) is 3.41. The molecule has 2 heterocycles. The van der Waals surface area contributed by atoms with E-state index in [0.29, 0.717) is 11.1 Å². The van der Waals surface area contributed by atoms with Gasteiger partial charge in [-0.25, -0.2) is 0 Å². The normalized spacial score (nSPS) is 15.8. The minimum absolute atomic E-state index is 0. The van der Waals surface area contributed by atoms with E-state index in [1.54, 1.807) is 0 Å². The van der Waals surface area contributed by atoms with E-state index in [-0.39, 0.29) is 27.5 Å². The molecule has 6 nitrogen and oxygen atoms in total. The van der Waals surface area contributed by atoms with Crippen LogP contribution in [-0.4, -0.2) is 23.9 Å². The Bertz CT molecular complexity index is 1050. The summed E-state index contributed by atoms with van der Waals surface area (Å²) >= 11 is 0. The first-order valence-electron chi connectivity index (χ1n) is 11.9. The summed E-state index contributed by atoms with van der Waals surface area (Å²) < 4.78 is 0. The topological polar surface area (TPSA) is 60.5 Å². The number of hydrogen-bond donors (Lipinski definition) is 0. The Morgan fingerprint density at radius 3 is 1.53 bits per heavy atom. The van der Waals surface area contributed by atoms with Gasteiger partial charge >= 0.3 is 0 Å². The van der Waals surface area contributed by atoms with Gasteiger partial charge in [-0.05, 0) is 93.8 Å². The molecule has 0 aromatic heterocycles. The van der Waals surface area contributed by atoms with Gasteiger partial charge in [-0.1, -0.05) is 25.0 Å². The Hall–Kier alpha value is -3.77. The van der Waals surface area contributed by atoms with E-state index < -0.39 is 0 Å². The zero-order valence-electron chi connectivity index (χ0n) is 22.2. The van der Waals surface area contributed by atoms with E-state index in [9.17, 15) is 0 Å². The van der Waals surface area contributed by atoms with Gasteiger partial charge in [-0.2, -0.15) is 30.3 Å². The van der Waals surface area contributed by atoms with Crippen LogP contribution in [0.25, 0.3) is 0 Å². The van der Waals surface area contributed by atoms with Crippen LogP contribution in [0.15, 0.2) is 91.6 Å². The summed E-state index contributed by atoms with van der Waals surface area (Å²) in [6.45, 7) is 3.95. The molecule has 7 heteroatoms. The van der Waals surface area contributed by atoms with Gasteiger partial charge in [0.05, 0.1) is 23.3 Å². The molecule has 0 N–H and O–H groups in total. The molecule has 0 saturated carbocycles. The van der Waals surface area contributed by atoms with Crippen molar-refractivity contribution in [2.75, 3.05) is 23.9 Å². The van der Waals surface area contributed by atoms with Crippen LogP contribution in [0, 0.1) is 49.5 Å². The molecule has 38 heavy (non-hydrogen) atoms. The third-order valence-electron chi connectivity index (χ3n) is 5.37. The molecule has 1 aliphatic carbocycles. The zero-order valence-corrected chi connectivity index (χ0v) is 24.6. The second-order valence-corrected chi connectivity index (χ2v) is 8.29. The third kappa shape index (κ3) is 10.7. The Morgan fingerprint density at radius 1 is 0.684 bits per heavy atom. The van der Waals surface area contributed by atoms with Crippen molar-refractivity contribution in [3.63, 3.8) is 0 Å². The van der Waals surface area contributed by atoms with Crippen molar-refractivity contribution in [2.24, 2.45) is 0 Å². The Morgan fingerprint density at radius 2 is 1.13 bits per heavy atom. The molecule has 2 aromatic carbocycles. The maximum Gasteiger partial charge on any atom is 0.0991 e. The van der Waals surface area contributed by atoms with E-state index in [2.05, 4.69) is 36.4 Å². The first-order valence-corrected chi connectivity index (χ1v) is 11.9. The molecular formula is C31H34IrN6-4. The van der Waals surface area contributed by atoms with E-state index in [1.807, 2.05) is 120 Å². The monoisotopic (exact) mass is 683 g/mol. The van der Waals surface area contributed by atoms with Crippen LogP contribution >= 0.6 is 0 Å². The molecular weight excluding hydrogens is 649 g/mol. The summed E-state index contributed by atoms with van der Waals surface area (Å²) in [5.41, 5.74) is 3.49. The minimum Gasteiger partial charge on any atom is -0.510 e. The molecule has 0 saturated heterocycles. The van der Waals surface area contributed by atoms with Crippen molar-refractivity contribution in [1.82, 2.24) is 9.80 Å². The number of nitrogens with zero attached hydrogens (tertiary/aromatic N) is 6. The second-order valence-electron chi connectivity index (χ2n) is 8.29. The average Bonchev–Trinajstić information content (AvgIpc) is 3.53. The predicted octanol–water partition coefficient (Wildman–Crippen LogP) is 6.72. The minimum atomic E-state index is 0. The van der Waals surface area contributed by atoms with Crippen LogP contribution < -0.4 is 9.80 Å². The number of benzene rings is 2. The Labute approximate surface area is 242 Å². The molecule has 5 rings (SSSR count). The molecule has 0 unspecified atom stereocenters. The molecule has 0 fully saturated rings. The summed E-state index contributed by atoms with van der Waals surface area (Å²) in [5.74, 6) is 0. The van der Waals surface area contributed by atoms with E-state index in [0.717, 1.165) is 17.8 Å². The summed E-state index contributed by atoms with van der Waals surface area (Å²) in [6, 6.07) is 19.2. The number of allylic oxidation sites excluding steroid dienone is 4. The standard InChI is InChI=1S/2C11H10N3.C8H11.CH3.Ir/c2*1-13-6-7-14(9-13)11-4-2-10(8-12)3-5-11;1-2-4-6-8-7-5-3-1;;/h2*2-7,9H,1H3;1-2,7H,3-6H2;1H3;/q4*-1;/b;;2-1-;;. The fourth-order valence-corrected chi connectivity index (χ4v) is 3.41. The fraction of sp³-hybridized carbons (Fsp3) is 0.194. The van der Waals surface area contributed by atoms with Crippen molar-refractivity contribution in [1.29, 1.82) is 10.5 Å². The zero-order chi connectivity index (χ0) is 25.6. The summed E-state index contributed by atoms with van der Waals surface area (Å²) in [5, 5.41) is 17.3. The van der Waals surface area contributed by atoms with Crippen LogP contribution in [-0.2, 0) is 20.1 Å². The molecule has 0 spiro atoms.